The van der Waals surface area contributed by atoms with Crippen molar-refractivity contribution in [2.24, 2.45) is 5.92 Å². The van der Waals surface area contributed by atoms with Gasteiger partial charge in [-0.1, -0.05) is 37.8 Å². The van der Waals surface area contributed by atoms with E-state index in [1.807, 2.05) is 26.0 Å². The Bertz CT molecular complexity index is 610. The van der Waals surface area contributed by atoms with Gasteiger partial charge in [-0.25, -0.2) is 8.42 Å². The van der Waals surface area contributed by atoms with E-state index in [-0.39, 0.29) is 17.8 Å². The number of ether oxygens (including phenoxy) is 2. The first-order chi connectivity index (χ1) is 11.9. The van der Waals surface area contributed by atoms with Gasteiger partial charge in [-0.2, -0.15) is 0 Å². The van der Waals surface area contributed by atoms with Gasteiger partial charge in [0.15, 0.2) is 16.1 Å². The summed E-state index contributed by atoms with van der Waals surface area (Å²) in [6.45, 7) is 12.0. The van der Waals surface area contributed by atoms with Gasteiger partial charge in [-0.3, -0.25) is 0 Å². The van der Waals surface area contributed by atoms with E-state index in [0.717, 1.165) is 6.42 Å². The quantitative estimate of drug-likeness (QED) is 0.384. The lowest BCUT2D eigenvalue weighted by Gasteiger charge is -2.24. The van der Waals surface area contributed by atoms with Crippen molar-refractivity contribution in [2.45, 2.75) is 50.4 Å². The van der Waals surface area contributed by atoms with Crippen molar-refractivity contribution in [1.82, 2.24) is 0 Å². The molecule has 0 aliphatic carbocycles. The van der Waals surface area contributed by atoms with E-state index in [1.54, 1.807) is 30.3 Å². The van der Waals surface area contributed by atoms with Crippen LogP contribution in [0.1, 0.15) is 33.1 Å². The first kappa shape index (κ1) is 21.6. The third-order valence-corrected chi connectivity index (χ3v) is 5.69. The summed E-state index contributed by atoms with van der Waals surface area (Å²) in [5.41, 5.74) is 0. The van der Waals surface area contributed by atoms with Crippen LogP contribution in [0.5, 0.6) is 0 Å². The second kappa shape index (κ2) is 11.2. The molecule has 140 valence electrons. The lowest BCUT2D eigenvalue weighted by atomic mass is 9.99. The van der Waals surface area contributed by atoms with E-state index in [0.29, 0.717) is 24.3 Å². The number of hydrogen-bond acceptors (Lipinski definition) is 4. The van der Waals surface area contributed by atoms with Crippen LogP contribution in [0.25, 0.3) is 0 Å². The van der Waals surface area contributed by atoms with E-state index in [1.165, 1.54) is 0 Å². The highest BCUT2D eigenvalue weighted by molar-refractivity contribution is 7.91. The lowest BCUT2D eigenvalue weighted by Crippen LogP contribution is -2.25. The molecule has 0 fully saturated rings. The summed E-state index contributed by atoms with van der Waals surface area (Å²) in [7, 11) is -3.24. The van der Waals surface area contributed by atoms with Crippen LogP contribution in [0, 0.1) is 5.92 Å². The Morgan fingerprint density at radius 1 is 1.20 bits per heavy atom. The molecule has 25 heavy (non-hydrogen) atoms. The molecule has 0 spiro atoms. The summed E-state index contributed by atoms with van der Waals surface area (Å²) >= 11 is 0. The zero-order valence-electron chi connectivity index (χ0n) is 15.3. The Morgan fingerprint density at radius 2 is 1.88 bits per heavy atom. The zero-order valence-corrected chi connectivity index (χ0v) is 16.1. The average molecular weight is 367 g/mol. The summed E-state index contributed by atoms with van der Waals surface area (Å²) in [5.74, 6) is 0.338. The first-order valence-corrected chi connectivity index (χ1v) is 10.4. The maximum atomic E-state index is 12.4. The monoisotopic (exact) mass is 366 g/mol. The van der Waals surface area contributed by atoms with Gasteiger partial charge in [-0.15, -0.1) is 6.58 Å². The molecule has 1 aromatic carbocycles. The minimum absolute atomic E-state index is 0.0681. The van der Waals surface area contributed by atoms with Gasteiger partial charge in [0.25, 0.3) is 0 Å². The number of hydrogen-bond donors (Lipinski definition) is 0. The van der Waals surface area contributed by atoms with Crippen LogP contribution < -0.4 is 0 Å². The second-order valence-corrected chi connectivity index (χ2v) is 8.21. The number of sulfone groups is 1. The summed E-state index contributed by atoms with van der Waals surface area (Å²) in [6, 6.07) is 8.58. The largest absolute Gasteiger partial charge is 0.349 e. The third-order valence-electron chi connectivity index (χ3n) is 3.93. The second-order valence-electron chi connectivity index (χ2n) is 6.10. The van der Waals surface area contributed by atoms with Crippen molar-refractivity contribution in [3.05, 3.63) is 55.6 Å². The van der Waals surface area contributed by atoms with Gasteiger partial charge in [0.05, 0.1) is 16.8 Å². The van der Waals surface area contributed by atoms with Gasteiger partial charge in [0, 0.05) is 6.61 Å². The molecule has 3 atom stereocenters. The normalized spacial score (nSPS) is 15.3. The maximum absolute atomic E-state index is 12.4. The molecule has 4 nitrogen and oxygen atoms in total. The van der Waals surface area contributed by atoms with Gasteiger partial charge in [-0.05, 0) is 50.3 Å². The van der Waals surface area contributed by atoms with Crippen LogP contribution in [0.3, 0.4) is 0 Å². The lowest BCUT2D eigenvalue weighted by molar-refractivity contribution is -0.142. The highest BCUT2D eigenvalue weighted by Gasteiger charge is 2.20. The van der Waals surface area contributed by atoms with Gasteiger partial charge < -0.3 is 9.47 Å². The molecule has 0 amide bonds. The molecule has 0 N–H and O–H groups in total. The Labute approximate surface area is 152 Å². The van der Waals surface area contributed by atoms with E-state index < -0.39 is 16.1 Å². The molecule has 0 aliphatic heterocycles. The van der Waals surface area contributed by atoms with Gasteiger partial charge in [0.2, 0.25) is 0 Å². The molecule has 1 aromatic rings. The summed E-state index contributed by atoms with van der Waals surface area (Å²) in [4.78, 5) is 0.379. The molecule has 0 saturated carbocycles. The van der Waals surface area contributed by atoms with Crippen molar-refractivity contribution in [3.8, 4) is 0 Å². The number of benzene rings is 1. The molecular formula is C20H30O4S. The Morgan fingerprint density at radius 3 is 2.44 bits per heavy atom. The molecule has 1 rings (SSSR count). The van der Waals surface area contributed by atoms with E-state index >= 15 is 0 Å². The molecule has 1 unspecified atom stereocenters. The van der Waals surface area contributed by atoms with Gasteiger partial charge in [0.1, 0.15) is 0 Å². The summed E-state index contributed by atoms with van der Waals surface area (Å²) in [5, 5.41) is 0. The molecule has 0 bridgehead atoms. The van der Waals surface area contributed by atoms with Crippen molar-refractivity contribution in [2.75, 3.05) is 12.4 Å². The SMILES string of the molecule is C=CC[C@@H](C[C@@H](C)CCS(=O)(=O)c1ccccc1)OC(C=C)OCC. The topological polar surface area (TPSA) is 52.6 Å². The van der Waals surface area contributed by atoms with Crippen LogP contribution in [-0.2, 0) is 19.3 Å². The highest BCUT2D eigenvalue weighted by atomic mass is 32.2. The van der Waals surface area contributed by atoms with Crippen LogP contribution in [0.4, 0.5) is 0 Å². The molecule has 0 radical (unpaired) electrons. The standard InChI is InChI=1S/C20H30O4S/c1-5-11-18(24-20(6-2)23-7-3)16-17(4)14-15-25(21,22)19-12-9-8-10-13-19/h5-6,8-10,12-13,17-18,20H,1-2,7,11,14-16H2,3-4H3/t17-,18-,20?/m0/s1. The summed E-state index contributed by atoms with van der Waals surface area (Å²) in [6.07, 6.45) is 4.94. The van der Waals surface area contributed by atoms with Crippen LogP contribution >= 0.6 is 0 Å². The molecular weight excluding hydrogens is 336 g/mol. The maximum Gasteiger partial charge on any atom is 0.178 e. The predicted molar refractivity (Wildman–Crippen MR) is 102 cm³/mol. The van der Waals surface area contributed by atoms with Crippen molar-refractivity contribution < 1.29 is 17.9 Å². The van der Waals surface area contributed by atoms with Gasteiger partial charge >= 0.3 is 0 Å². The van der Waals surface area contributed by atoms with E-state index in [9.17, 15) is 8.42 Å². The van der Waals surface area contributed by atoms with Crippen LogP contribution in [0.15, 0.2) is 60.5 Å². The fourth-order valence-corrected chi connectivity index (χ4v) is 4.10. The zero-order chi connectivity index (χ0) is 18.7. The Kier molecular flexibility index (Phi) is 9.71. The predicted octanol–water partition coefficient (Wildman–Crippen LogP) is 4.39. The fourth-order valence-electron chi connectivity index (χ4n) is 2.58. The Hall–Kier alpha value is -1.43. The van der Waals surface area contributed by atoms with E-state index in [4.69, 9.17) is 9.47 Å². The molecule has 5 heteroatoms. The summed E-state index contributed by atoms with van der Waals surface area (Å²) < 4.78 is 36.1. The van der Waals surface area contributed by atoms with E-state index in [2.05, 4.69) is 13.2 Å². The highest BCUT2D eigenvalue weighted by Crippen LogP contribution is 2.20. The molecule has 0 aromatic heterocycles. The first-order valence-electron chi connectivity index (χ1n) is 8.71. The third kappa shape index (κ3) is 7.99. The van der Waals surface area contributed by atoms with Crippen molar-refractivity contribution in [1.29, 1.82) is 0 Å². The van der Waals surface area contributed by atoms with Crippen molar-refractivity contribution >= 4 is 9.84 Å². The Balaban J connectivity index is 2.58. The van der Waals surface area contributed by atoms with Crippen LogP contribution in [-0.4, -0.2) is 33.2 Å². The molecule has 0 saturated heterocycles. The minimum Gasteiger partial charge on any atom is -0.349 e. The number of rotatable bonds is 13. The van der Waals surface area contributed by atoms with Crippen molar-refractivity contribution in [3.63, 3.8) is 0 Å². The molecule has 0 aliphatic rings. The smallest absolute Gasteiger partial charge is 0.178 e. The molecule has 0 heterocycles. The van der Waals surface area contributed by atoms with Crippen LogP contribution in [0.2, 0.25) is 0 Å². The minimum atomic E-state index is -3.24. The fraction of sp³-hybridized carbons (Fsp3) is 0.500. The average Bonchev–Trinajstić information content (AvgIpc) is 2.60.